The number of morpholine rings is 1. The Hall–Kier alpha value is -1.38. The second-order valence-corrected chi connectivity index (χ2v) is 8.85. The minimum atomic E-state index is -0.223. The fourth-order valence-electron chi connectivity index (χ4n) is 4.26. The third-order valence-electron chi connectivity index (χ3n) is 6.21. The number of rotatable bonds is 6. The normalized spacial score (nSPS) is 24.7. The van der Waals surface area contributed by atoms with E-state index in [0.29, 0.717) is 51.9 Å². The summed E-state index contributed by atoms with van der Waals surface area (Å²) in [5, 5.41) is 3.02. The molecule has 1 N–H and O–H groups in total. The number of carbonyl (C=O) groups excluding carboxylic acids is 2. The zero-order valence-electron chi connectivity index (χ0n) is 18.0. The van der Waals surface area contributed by atoms with E-state index in [1.807, 2.05) is 9.80 Å². The van der Waals surface area contributed by atoms with E-state index in [1.165, 1.54) is 0 Å². The van der Waals surface area contributed by atoms with Crippen LogP contribution in [0, 0.1) is 5.92 Å². The summed E-state index contributed by atoms with van der Waals surface area (Å²) in [6.45, 7) is 9.73. The van der Waals surface area contributed by atoms with Crippen LogP contribution in [0.15, 0.2) is 0 Å². The highest BCUT2D eigenvalue weighted by atomic mass is 16.5. The Labute approximate surface area is 174 Å². The van der Waals surface area contributed by atoms with E-state index >= 15 is 0 Å². The average Bonchev–Trinajstić information content (AvgIpc) is 2.73. The van der Waals surface area contributed by atoms with E-state index in [0.717, 1.165) is 38.6 Å². The fraction of sp³-hybridized carbons (Fsp3) is 0.905. The molecule has 166 valence electrons. The number of hydrogen-bond acceptors (Lipinski definition) is 5. The molecule has 0 aliphatic carbocycles. The second kappa shape index (κ2) is 10.6. The van der Waals surface area contributed by atoms with Crippen molar-refractivity contribution in [3.63, 3.8) is 0 Å². The lowest BCUT2D eigenvalue weighted by molar-refractivity contribution is -0.163. The van der Waals surface area contributed by atoms with Gasteiger partial charge in [-0.15, -0.1) is 0 Å². The lowest BCUT2D eigenvalue weighted by Gasteiger charge is -2.46. The molecule has 0 saturated carbocycles. The molecule has 0 aromatic carbocycles. The summed E-state index contributed by atoms with van der Waals surface area (Å²) in [5.41, 5.74) is -0.223. The molecule has 3 aliphatic rings. The van der Waals surface area contributed by atoms with E-state index < -0.39 is 0 Å². The Morgan fingerprint density at radius 1 is 1.10 bits per heavy atom. The molecule has 8 heteroatoms. The number of nitrogens with zero attached hydrogens (tertiary/aromatic N) is 2. The molecular weight excluding hydrogens is 374 g/mol. The molecule has 3 rings (SSSR count). The van der Waals surface area contributed by atoms with Crippen molar-refractivity contribution in [1.82, 2.24) is 15.1 Å². The molecule has 3 saturated heterocycles. The molecule has 1 unspecified atom stereocenters. The van der Waals surface area contributed by atoms with E-state index in [4.69, 9.17) is 14.2 Å². The zero-order valence-corrected chi connectivity index (χ0v) is 18.0. The molecular formula is C21H37N3O5. The van der Waals surface area contributed by atoms with Gasteiger partial charge in [-0.3, -0.25) is 4.79 Å². The van der Waals surface area contributed by atoms with Crippen LogP contribution < -0.4 is 5.32 Å². The van der Waals surface area contributed by atoms with Crippen molar-refractivity contribution >= 4 is 11.9 Å². The van der Waals surface area contributed by atoms with E-state index in [-0.39, 0.29) is 30.3 Å². The lowest BCUT2D eigenvalue weighted by atomic mass is 9.83. The van der Waals surface area contributed by atoms with Gasteiger partial charge in [0.15, 0.2) is 0 Å². The Kier molecular flexibility index (Phi) is 8.15. The van der Waals surface area contributed by atoms with Crippen molar-refractivity contribution in [3.05, 3.63) is 0 Å². The van der Waals surface area contributed by atoms with Crippen LogP contribution in [-0.2, 0) is 19.0 Å². The highest BCUT2D eigenvalue weighted by Crippen LogP contribution is 2.36. The number of amides is 3. The maximum absolute atomic E-state index is 12.3. The van der Waals surface area contributed by atoms with E-state index in [9.17, 15) is 9.59 Å². The molecule has 29 heavy (non-hydrogen) atoms. The Morgan fingerprint density at radius 3 is 2.52 bits per heavy atom. The van der Waals surface area contributed by atoms with Crippen LogP contribution in [0.2, 0.25) is 0 Å². The summed E-state index contributed by atoms with van der Waals surface area (Å²) in [6.07, 6.45) is 4.29. The number of piperidine rings is 1. The molecule has 1 spiro atoms. The van der Waals surface area contributed by atoms with Crippen LogP contribution in [0.5, 0.6) is 0 Å². The van der Waals surface area contributed by atoms with Gasteiger partial charge in [-0.2, -0.15) is 0 Å². The monoisotopic (exact) mass is 411 g/mol. The Bertz CT molecular complexity index is 542. The van der Waals surface area contributed by atoms with Gasteiger partial charge in [0.05, 0.1) is 24.9 Å². The molecule has 0 bridgehead atoms. The molecule has 3 aliphatic heterocycles. The summed E-state index contributed by atoms with van der Waals surface area (Å²) in [7, 11) is 0. The summed E-state index contributed by atoms with van der Waals surface area (Å²) >= 11 is 0. The van der Waals surface area contributed by atoms with E-state index in [1.54, 1.807) is 0 Å². The van der Waals surface area contributed by atoms with E-state index in [2.05, 4.69) is 19.2 Å². The first kappa shape index (κ1) is 22.3. The molecule has 3 heterocycles. The number of likely N-dealkylation sites (tertiary alicyclic amines) is 1. The fourth-order valence-corrected chi connectivity index (χ4v) is 4.26. The smallest absolute Gasteiger partial charge is 0.317 e. The van der Waals surface area contributed by atoms with Crippen molar-refractivity contribution in [2.75, 3.05) is 59.2 Å². The largest absolute Gasteiger partial charge is 0.378 e. The minimum Gasteiger partial charge on any atom is -0.378 e. The van der Waals surface area contributed by atoms with Gasteiger partial charge in [-0.1, -0.05) is 13.8 Å². The molecule has 1 atom stereocenters. The van der Waals surface area contributed by atoms with Crippen LogP contribution >= 0.6 is 0 Å². The van der Waals surface area contributed by atoms with Crippen molar-refractivity contribution in [3.8, 4) is 0 Å². The molecule has 3 fully saturated rings. The first-order valence-electron chi connectivity index (χ1n) is 11.1. The van der Waals surface area contributed by atoms with Gasteiger partial charge in [0.1, 0.15) is 6.61 Å². The third kappa shape index (κ3) is 6.55. The first-order chi connectivity index (χ1) is 14.0. The van der Waals surface area contributed by atoms with Crippen molar-refractivity contribution < 1.29 is 23.8 Å². The van der Waals surface area contributed by atoms with Crippen LogP contribution in [0.25, 0.3) is 0 Å². The number of carbonyl (C=O) groups is 2. The number of hydrogen-bond donors (Lipinski definition) is 1. The topological polar surface area (TPSA) is 80.3 Å². The van der Waals surface area contributed by atoms with Gasteiger partial charge in [0.25, 0.3) is 0 Å². The molecule has 8 nitrogen and oxygen atoms in total. The molecule has 3 amide bonds. The van der Waals surface area contributed by atoms with Gasteiger partial charge in [-0.05, 0) is 31.6 Å². The summed E-state index contributed by atoms with van der Waals surface area (Å²) in [6, 6.07) is 0.0280. The van der Waals surface area contributed by atoms with Crippen molar-refractivity contribution in [2.45, 2.75) is 57.7 Å². The predicted molar refractivity (Wildman–Crippen MR) is 109 cm³/mol. The molecule has 0 aromatic heterocycles. The minimum absolute atomic E-state index is 0.0280. The highest BCUT2D eigenvalue weighted by molar-refractivity contribution is 5.77. The van der Waals surface area contributed by atoms with Gasteiger partial charge >= 0.3 is 6.03 Å². The lowest BCUT2D eigenvalue weighted by Crippen LogP contribution is -2.54. The molecule has 0 aromatic rings. The summed E-state index contributed by atoms with van der Waals surface area (Å²) in [4.78, 5) is 28.4. The second-order valence-electron chi connectivity index (χ2n) is 8.85. The summed E-state index contributed by atoms with van der Waals surface area (Å²) in [5.74, 6) is 0.629. The van der Waals surface area contributed by atoms with Crippen molar-refractivity contribution in [1.29, 1.82) is 0 Å². The van der Waals surface area contributed by atoms with Gasteiger partial charge in [0.2, 0.25) is 5.91 Å². The zero-order chi connectivity index (χ0) is 20.7. The maximum atomic E-state index is 12.3. The Balaban J connectivity index is 1.40. The van der Waals surface area contributed by atoms with Crippen LogP contribution in [-0.4, -0.2) is 92.6 Å². The highest BCUT2D eigenvalue weighted by Gasteiger charge is 2.41. The van der Waals surface area contributed by atoms with Crippen LogP contribution in [0.3, 0.4) is 0 Å². The van der Waals surface area contributed by atoms with Crippen LogP contribution in [0.1, 0.15) is 46.0 Å². The quantitative estimate of drug-likeness (QED) is 0.719. The maximum Gasteiger partial charge on any atom is 0.317 e. The average molecular weight is 412 g/mol. The summed E-state index contributed by atoms with van der Waals surface area (Å²) < 4.78 is 17.4. The number of ether oxygens (including phenoxy) is 3. The standard InChI is InChI=1S/C21H37N3O5/c1-17(2)3-7-22-20(26)24-8-5-21(6-9-24)15-18(4-12-29-21)28-16-19(25)23-10-13-27-14-11-23/h17-18H,3-16H2,1-2H3,(H,22,26). The predicted octanol–water partition coefficient (Wildman–Crippen LogP) is 1.63. The SMILES string of the molecule is CC(C)CCNC(=O)N1CCC2(CC1)CC(OCC(=O)N1CCOCC1)CCO2. The first-order valence-corrected chi connectivity index (χ1v) is 11.1. The van der Waals surface area contributed by atoms with Gasteiger partial charge < -0.3 is 29.3 Å². The van der Waals surface area contributed by atoms with Gasteiger partial charge in [0, 0.05) is 45.8 Å². The third-order valence-corrected chi connectivity index (χ3v) is 6.21. The number of nitrogens with one attached hydrogen (secondary N) is 1. The van der Waals surface area contributed by atoms with Gasteiger partial charge in [-0.25, -0.2) is 4.79 Å². The Morgan fingerprint density at radius 2 is 1.83 bits per heavy atom. The van der Waals surface area contributed by atoms with Crippen LogP contribution in [0.4, 0.5) is 4.79 Å². The van der Waals surface area contributed by atoms with Crippen molar-refractivity contribution in [2.24, 2.45) is 5.92 Å². The number of urea groups is 1. The molecule has 0 radical (unpaired) electrons.